The number of pyridine rings is 2. The minimum atomic E-state index is 0.0480. The van der Waals surface area contributed by atoms with E-state index in [1.165, 1.54) is 5.56 Å². The number of likely N-dealkylation sites (N-methyl/N-ethyl adjacent to an activating group) is 1. The Balaban J connectivity index is 1.65. The number of amides is 1. The van der Waals surface area contributed by atoms with Gasteiger partial charge in [0.15, 0.2) is 0 Å². The normalized spacial score (nSPS) is 14.0. The predicted molar refractivity (Wildman–Crippen MR) is 90.6 cm³/mol. The van der Waals surface area contributed by atoms with Crippen LogP contribution in [0.25, 0.3) is 0 Å². The van der Waals surface area contributed by atoms with Gasteiger partial charge in [-0.3, -0.25) is 14.8 Å². The molecule has 2 aromatic rings. The molecule has 3 rings (SSSR count). The molecular formula is C18H22N4O. The van der Waals surface area contributed by atoms with Gasteiger partial charge in [-0.15, -0.1) is 0 Å². The number of nitrogens with zero attached hydrogens (tertiary/aromatic N) is 4. The van der Waals surface area contributed by atoms with Gasteiger partial charge in [0.25, 0.3) is 5.91 Å². The van der Waals surface area contributed by atoms with Crippen LogP contribution in [0.3, 0.4) is 0 Å². The largest absolute Gasteiger partial charge is 0.374 e. The van der Waals surface area contributed by atoms with E-state index in [4.69, 9.17) is 0 Å². The molecule has 0 aliphatic carbocycles. The van der Waals surface area contributed by atoms with Crippen LogP contribution in [0.15, 0.2) is 42.9 Å². The van der Waals surface area contributed by atoms with Crippen LogP contribution >= 0.6 is 0 Å². The maximum absolute atomic E-state index is 12.4. The van der Waals surface area contributed by atoms with Crippen molar-refractivity contribution >= 4 is 11.6 Å². The Bertz CT molecular complexity index is 653. The van der Waals surface area contributed by atoms with Crippen molar-refractivity contribution in [3.8, 4) is 0 Å². The van der Waals surface area contributed by atoms with Gasteiger partial charge in [-0.05, 0) is 49.1 Å². The molecule has 1 saturated heterocycles. The summed E-state index contributed by atoms with van der Waals surface area (Å²) in [4.78, 5) is 24.8. The highest BCUT2D eigenvalue weighted by molar-refractivity contribution is 5.93. The summed E-state index contributed by atoms with van der Waals surface area (Å²) in [5.41, 5.74) is 2.83. The van der Waals surface area contributed by atoms with Gasteiger partial charge < -0.3 is 9.80 Å². The molecule has 0 bridgehead atoms. The highest BCUT2D eigenvalue weighted by Crippen LogP contribution is 2.17. The van der Waals surface area contributed by atoms with Crippen LogP contribution in [0, 0.1) is 0 Å². The van der Waals surface area contributed by atoms with Crippen molar-refractivity contribution in [1.82, 2.24) is 14.9 Å². The second-order valence-corrected chi connectivity index (χ2v) is 5.93. The molecule has 0 radical (unpaired) electrons. The van der Waals surface area contributed by atoms with Gasteiger partial charge in [0.2, 0.25) is 0 Å². The summed E-state index contributed by atoms with van der Waals surface area (Å²) in [5, 5.41) is 0. The third-order valence-corrected chi connectivity index (χ3v) is 4.28. The molecule has 0 spiro atoms. The summed E-state index contributed by atoms with van der Waals surface area (Å²) in [6.07, 6.45) is 8.48. The predicted octanol–water partition coefficient (Wildman–Crippen LogP) is 2.39. The van der Waals surface area contributed by atoms with Gasteiger partial charge in [0.1, 0.15) is 5.69 Å². The fraction of sp³-hybridized carbons (Fsp3) is 0.389. The quantitative estimate of drug-likeness (QED) is 0.851. The van der Waals surface area contributed by atoms with Gasteiger partial charge >= 0.3 is 0 Å². The molecular weight excluding hydrogens is 288 g/mol. The molecule has 0 saturated carbocycles. The molecule has 1 fully saturated rings. The topological polar surface area (TPSA) is 49.3 Å². The molecule has 23 heavy (non-hydrogen) atoms. The lowest BCUT2D eigenvalue weighted by Crippen LogP contribution is -2.29. The molecule has 1 aliphatic rings. The fourth-order valence-electron chi connectivity index (χ4n) is 2.83. The zero-order valence-electron chi connectivity index (χ0n) is 13.5. The molecule has 1 amide bonds. The minimum absolute atomic E-state index is 0.0480. The Morgan fingerprint density at radius 1 is 1.17 bits per heavy atom. The first-order valence-electron chi connectivity index (χ1n) is 8.09. The fourth-order valence-corrected chi connectivity index (χ4v) is 2.83. The average Bonchev–Trinajstić information content (AvgIpc) is 3.14. The smallest absolute Gasteiger partial charge is 0.272 e. The summed E-state index contributed by atoms with van der Waals surface area (Å²) in [6.45, 7) is 2.58. The third kappa shape index (κ3) is 3.86. The maximum atomic E-state index is 12.4. The first-order chi connectivity index (χ1) is 11.2. The first-order valence-corrected chi connectivity index (χ1v) is 8.09. The monoisotopic (exact) mass is 310 g/mol. The molecule has 3 heterocycles. The van der Waals surface area contributed by atoms with Gasteiger partial charge in [0, 0.05) is 51.0 Å². The lowest BCUT2D eigenvalue weighted by atomic mass is 10.2. The number of hydrogen-bond donors (Lipinski definition) is 0. The van der Waals surface area contributed by atoms with Crippen molar-refractivity contribution in [2.24, 2.45) is 0 Å². The van der Waals surface area contributed by atoms with E-state index >= 15 is 0 Å². The Labute approximate surface area is 137 Å². The van der Waals surface area contributed by atoms with Crippen LogP contribution < -0.4 is 4.90 Å². The van der Waals surface area contributed by atoms with E-state index in [0.717, 1.165) is 44.6 Å². The zero-order valence-corrected chi connectivity index (χ0v) is 13.5. The van der Waals surface area contributed by atoms with Crippen molar-refractivity contribution in [3.63, 3.8) is 0 Å². The molecule has 5 heteroatoms. The van der Waals surface area contributed by atoms with E-state index in [2.05, 4.69) is 14.9 Å². The van der Waals surface area contributed by atoms with Crippen LogP contribution in [0.1, 0.15) is 28.9 Å². The molecule has 2 aromatic heterocycles. The zero-order chi connectivity index (χ0) is 16.1. The number of rotatable bonds is 5. The SMILES string of the molecule is CN(CCc1ccncc1)c1ccnc(C(=O)N2CCCC2)c1. The van der Waals surface area contributed by atoms with E-state index in [0.29, 0.717) is 5.69 Å². The van der Waals surface area contributed by atoms with Crippen molar-refractivity contribution in [2.45, 2.75) is 19.3 Å². The van der Waals surface area contributed by atoms with E-state index < -0.39 is 0 Å². The van der Waals surface area contributed by atoms with E-state index in [-0.39, 0.29) is 5.91 Å². The number of carbonyl (C=O) groups excluding carboxylic acids is 1. The third-order valence-electron chi connectivity index (χ3n) is 4.28. The first kappa shape index (κ1) is 15.5. The van der Waals surface area contributed by atoms with Gasteiger partial charge in [0.05, 0.1) is 0 Å². The van der Waals surface area contributed by atoms with Crippen LogP contribution in [0.4, 0.5) is 5.69 Å². The second-order valence-electron chi connectivity index (χ2n) is 5.93. The average molecular weight is 310 g/mol. The van der Waals surface area contributed by atoms with Gasteiger partial charge in [-0.1, -0.05) is 0 Å². The van der Waals surface area contributed by atoms with Crippen molar-refractivity contribution in [3.05, 3.63) is 54.1 Å². The van der Waals surface area contributed by atoms with Crippen LogP contribution in [0.2, 0.25) is 0 Å². The summed E-state index contributed by atoms with van der Waals surface area (Å²) >= 11 is 0. The lowest BCUT2D eigenvalue weighted by Gasteiger charge is -2.20. The molecule has 0 unspecified atom stereocenters. The highest BCUT2D eigenvalue weighted by Gasteiger charge is 2.20. The number of likely N-dealkylation sites (tertiary alicyclic amines) is 1. The van der Waals surface area contributed by atoms with E-state index in [1.54, 1.807) is 6.20 Å². The molecule has 0 atom stereocenters. The molecule has 1 aliphatic heterocycles. The number of aromatic nitrogens is 2. The lowest BCUT2D eigenvalue weighted by molar-refractivity contribution is 0.0787. The molecule has 0 aromatic carbocycles. The minimum Gasteiger partial charge on any atom is -0.374 e. The number of hydrogen-bond acceptors (Lipinski definition) is 4. The Kier molecular flexibility index (Phi) is 4.86. The van der Waals surface area contributed by atoms with E-state index in [1.807, 2.05) is 48.6 Å². The molecule has 120 valence electrons. The van der Waals surface area contributed by atoms with E-state index in [9.17, 15) is 4.79 Å². The second kappa shape index (κ2) is 7.22. The summed E-state index contributed by atoms with van der Waals surface area (Å²) in [6, 6.07) is 7.91. The van der Waals surface area contributed by atoms with Crippen LogP contribution in [-0.2, 0) is 6.42 Å². The maximum Gasteiger partial charge on any atom is 0.272 e. The molecule has 5 nitrogen and oxygen atoms in total. The number of anilines is 1. The summed E-state index contributed by atoms with van der Waals surface area (Å²) in [7, 11) is 2.04. The summed E-state index contributed by atoms with van der Waals surface area (Å²) in [5.74, 6) is 0.0480. The standard InChI is InChI=1S/C18H22N4O/c1-21(13-7-15-4-8-19-9-5-15)16-6-10-20-17(14-16)18(23)22-11-2-3-12-22/h4-6,8-10,14H,2-3,7,11-13H2,1H3. The van der Waals surface area contributed by atoms with Gasteiger partial charge in [-0.25, -0.2) is 0 Å². The summed E-state index contributed by atoms with van der Waals surface area (Å²) < 4.78 is 0. The van der Waals surface area contributed by atoms with Crippen molar-refractivity contribution in [1.29, 1.82) is 0 Å². The Hall–Kier alpha value is -2.43. The van der Waals surface area contributed by atoms with Gasteiger partial charge in [-0.2, -0.15) is 0 Å². The Morgan fingerprint density at radius 2 is 1.91 bits per heavy atom. The van der Waals surface area contributed by atoms with Crippen molar-refractivity contribution in [2.75, 3.05) is 31.6 Å². The number of carbonyl (C=O) groups is 1. The molecule has 0 N–H and O–H groups in total. The van der Waals surface area contributed by atoms with Crippen molar-refractivity contribution < 1.29 is 4.79 Å². The highest BCUT2D eigenvalue weighted by atomic mass is 16.2. The Morgan fingerprint density at radius 3 is 2.65 bits per heavy atom. The van der Waals surface area contributed by atoms with Crippen LogP contribution in [0.5, 0.6) is 0 Å². The van der Waals surface area contributed by atoms with Crippen LogP contribution in [-0.4, -0.2) is 47.5 Å².